The van der Waals surface area contributed by atoms with E-state index in [0.29, 0.717) is 11.8 Å². The third kappa shape index (κ3) is 3.03. The van der Waals surface area contributed by atoms with Crippen molar-refractivity contribution in [2.45, 2.75) is 45.3 Å². The summed E-state index contributed by atoms with van der Waals surface area (Å²) in [5.41, 5.74) is 1.49. The average Bonchev–Trinajstić information content (AvgIpc) is 2.37. The van der Waals surface area contributed by atoms with E-state index in [1.54, 1.807) is 12.1 Å². The van der Waals surface area contributed by atoms with Gasteiger partial charge in [0.15, 0.2) is 0 Å². The van der Waals surface area contributed by atoms with Crippen molar-refractivity contribution < 1.29 is 5.11 Å². The fourth-order valence-electron chi connectivity index (χ4n) is 2.47. The highest BCUT2D eigenvalue weighted by molar-refractivity contribution is 5.26. The second kappa shape index (κ2) is 5.29. The van der Waals surface area contributed by atoms with Crippen LogP contribution in [0.3, 0.4) is 0 Å². The monoisotopic (exact) mass is 248 g/mol. The molecule has 3 nitrogen and oxygen atoms in total. The van der Waals surface area contributed by atoms with Crippen LogP contribution in [0.25, 0.3) is 0 Å². The van der Waals surface area contributed by atoms with Crippen LogP contribution < -0.4 is 5.32 Å². The Balaban J connectivity index is 2.04. The number of hydrogen-bond acceptors (Lipinski definition) is 3. The fraction of sp³-hybridized carbons (Fsp3) is 0.600. The molecule has 1 saturated heterocycles. The summed E-state index contributed by atoms with van der Waals surface area (Å²) in [6, 6.07) is 8.10. The van der Waals surface area contributed by atoms with Crippen molar-refractivity contribution >= 4 is 0 Å². The summed E-state index contributed by atoms with van der Waals surface area (Å²) in [7, 11) is 0. The summed E-state index contributed by atoms with van der Waals surface area (Å²) in [5, 5.41) is 13.0. The first-order valence-electron chi connectivity index (χ1n) is 6.79. The minimum Gasteiger partial charge on any atom is -0.508 e. The Labute approximate surface area is 110 Å². The minimum atomic E-state index is 0.226. The molecule has 2 unspecified atom stereocenters. The average molecular weight is 248 g/mol. The number of benzene rings is 1. The molecule has 3 heteroatoms. The van der Waals surface area contributed by atoms with Gasteiger partial charge < -0.3 is 10.4 Å². The first-order chi connectivity index (χ1) is 8.52. The summed E-state index contributed by atoms with van der Waals surface area (Å²) in [5.74, 6) is 0.338. The molecule has 2 rings (SSSR count). The predicted molar refractivity (Wildman–Crippen MR) is 74.7 cm³/mol. The van der Waals surface area contributed by atoms with Gasteiger partial charge in [0, 0.05) is 31.2 Å². The van der Waals surface area contributed by atoms with Crippen molar-refractivity contribution in [3.8, 4) is 5.75 Å². The van der Waals surface area contributed by atoms with Gasteiger partial charge in [-0.1, -0.05) is 19.1 Å². The predicted octanol–water partition coefficient (Wildman–Crippen LogP) is 2.35. The van der Waals surface area contributed by atoms with E-state index < -0.39 is 0 Å². The molecule has 1 aliphatic heterocycles. The van der Waals surface area contributed by atoms with Crippen LogP contribution in [0.2, 0.25) is 0 Å². The molecule has 100 valence electrons. The van der Waals surface area contributed by atoms with Gasteiger partial charge in [-0.3, -0.25) is 4.90 Å². The number of piperazine rings is 1. The number of hydrogen-bond donors (Lipinski definition) is 2. The van der Waals surface area contributed by atoms with E-state index in [9.17, 15) is 5.11 Å². The molecule has 0 saturated carbocycles. The number of nitrogens with one attached hydrogen (secondary N) is 1. The molecular weight excluding hydrogens is 224 g/mol. The van der Waals surface area contributed by atoms with Gasteiger partial charge >= 0.3 is 0 Å². The molecule has 1 fully saturated rings. The van der Waals surface area contributed by atoms with Crippen LogP contribution in [0, 0.1) is 0 Å². The zero-order valence-corrected chi connectivity index (χ0v) is 11.6. The van der Waals surface area contributed by atoms with Crippen molar-refractivity contribution in [3.63, 3.8) is 0 Å². The van der Waals surface area contributed by atoms with E-state index in [1.165, 1.54) is 5.56 Å². The van der Waals surface area contributed by atoms with Crippen LogP contribution in [0.1, 0.15) is 32.8 Å². The van der Waals surface area contributed by atoms with Gasteiger partial charge in [0.1, 0.15) is 5.75 Å². The molecule has 1 aromatic carbocycles. The van der Waals surface area contributed by atoms with E-state index in [-0.39, 0.29) is 5.54 Å². The highest BCUT2D eigenvalue weighted by Gasteiger charge is 2.32. The summed E-state index contributed by atoms with van der Waals surface area (Å²) in [6.07, 6.45) is 1.14. The molecule has 0 bridgehead atoms. The number of phenolic OH excluding ortho intramolecular Hbond substituents is 1. The third-order valence-electron chi connectivity index (χ3n) is 4.10. The maximum Gasteiger partial charge on any atom is 0.115 e. The Morgan fingerprint density at radius 1 is 1.39 bits per heavy atom. The van der Waals surface area contributed by atoms with Gasteiger partial charge in [-0.25, -0.2) is 0 Å². The number of nitrogens with zero attached hydrogens (tertiary/aromatic N) is 1. The van der Waals surface area contributed by atoms with E-state index in [1.807, 2.05) is 12.1 Å². The van der Waals surface area contributed by atoms with Crippen molar-refractivity contribution in [2.24, 2.45) is 0 Å². The standard InChI is InChI=1S/C15H24N2O/c1-4-15(3)11-17(12(2)9-16-15)10-13-5-7-14(18)8-6-13/h5-8,12,16,18H,4,9-11H2,1-3H3. The van der Waals surface area contributed by atoms with Crippen LogP contribution in [-0.2, 0) is 6.54 Å². The van der Waals surface area contributed by atoms with Gasteiger partial charge in [0.25, 0.3) is 0 Å². The smallest absolute Gasteiger partial charge is 0.115 e. The molecule has 0 aliphatic carbocycles. The maximum absolute atomic E-state index is 9.31. The van der Waals surface area contributed by atoms with Crippen LogP contribution in [-0.4, -0.2) is 34.7 Å². The summed E-state index contributed by atoms with van der Waals surface area (Å²) in [4.78, 5) is 2.52. The Kier molecular flexibility index (Phi) is 3.93. The first-order valence-corrected chi connectivity index (χ1v) is 6.79. The Morgan fingerprint density at radius 3 is 2.67 bits per heavy atom. The second-order valence-corrected chi connectivity index (χ2v) is 5.72. The molecule has 2 N–H and O–H groups in total. The lowest BCUT2D eigenvalue weighted by Gasteiger charge is -2.45. The van der Waals surface area contributed by atoms with Crippen molar-refractivity contribution in [3.05, 3.63) is 29.8 Å². The van der Waals surface area contributed by atoms with Gasteiger partial charge in [0.05, 0.1) is 0 Å². The number of phenols is 1. The van der Waals surface area contributed by atoms with E-state index in [2.05, 4.69) is 31.0 Å². The van der Waals surface area contributed by atoms with Gasteiger partial charge in [-0.2, -0.15) is 0 Å². The van der Waals surface area contributed by atoms with Crippen LogP contribution in [0.4, 0.5) is 0 Å². The van der Waals surface area contributed by atoms with Crippen molar-refractivity contribution in [1.29, 1.82) is 0 Å². The lowest BCUT2D eigenvalue weighted by Crippen LogP contribution is -2.61. The summed E-state index contributed by atoms with van der Waals surface area (Å²) >= 11 is 0. The van der Waals surface area contributed by atoms with Crippen molar-refractivity contribution in [2.75, 3.05) is 13.1 Å². The topological polar surface area (TPSA) is 35.5 Å². The largest absolute Gasteiger partial charge is 0.508 e. The van der Waals surface area contributed by atoms with Gasteiger partial charge in [-0.15, -0.1) is 0 Å². The lowest BCUT2D eigenvalue weighted by molar-refractivity contribution is 0.0866. The van der Waals surface area contributed by atoms with Gasteiger partial charge in [0.2, 0.25) is 0 Å². The highest BCUT2D eigenvalue weighted by Crippen LogP contribution is 2.21. The molecule has 1 aliphatic rings. The number of rotatable bonds is 3. The SMILES string of the molecule is CCC1(C)CN(Cc2ccc(O)cc2)C(C)CN1. The van der Waals surface area contributed by atoms with E-state index in [4.69, 9.17) is 0 Å². The zero-order valence-electron chi connectivity index (χ0n) is 11.6. The van der Waals surface area contributed by atoms with Crippen LogP contribution >= 0.6 is 0 Å². The van der Waals surface area contributed by atoms with Crippen molar-refractivity contribution in [1.82, 2.24) is 10.2 Å². The lowest BCUT2D eigenvalue weighted by atomic mass is 9.93. The molecule has 2 atom stereocenters. The Morgan fingerprint density at radius 2 is 2.06 bits per heavy atom. The molecule has 0 aromatic heterocycles. The summed E-state index contributed by atoms with van der Waals surface area (Å²) in [6.45, 7) is 9.87. The molecular formula is C15H24N2O. The van der Waals surface area contributed by atoms with Crippen LogP contribution in [0.5, 0.6) is 5.75 Å². The minimum absolute atomic E-state index is 0.226. The van der Waals surface area contributed by atoms with E-state index in [0.717, 1.165) is 26.1 Å². The van der Waals surface area contributed by atoms with E-state index >= 15 is 0 Å². The normalized spacial score (nSPS) is 29.4. The van der Waals surface area contributed by atoms with Crippen LogP contribution in [0.15, 0.2) is 24.3 Å². The second-order valence-electron chi connectivity index (χ2n) is 5.72. The molecule has 18 heavy (non-hydrogen) atoms. The Hall–Kier alpha value is -1.06. The zero-order chi connectivity index (χ0) is 13.2. The Bertz CT molecular complexity index is 390. The first kappa shape index (κ1) is 13.4. The molecule has 0 spiro atoms. The van der Waals surface area contributed by atoms with Gasteiger partial charge in [-0.05, 0) is 38.0 Å². The molecule has 1 aromatic rings. The highest BCUT2D eigenvalue weighted by atomic mass is 16.3. The molecule has 0 amide bonds. The third-order valence-corrected chi connectivity index (χ3v) is 4.10. The molecule has 1 heterocycles. The number of aromatic hydroxyl groups is 1. The quantitative estimate of drug-likeness (QED) is 0.862. The fourth-order valence-corrected chi connectivity index (χ4v) is 2.47. The molecule has 0 radical (unpaired) electrons. The summed E-state index contributed by atoms with van der Waals surface area (Å²) < 4.78 is 0. The maximum atomic E-state index is 9.31.